The maximum atomic E-state index is 12.9. The summed E-state index contributed by atoms with van der Waals surface area (Å²) in [5, 5.41) is 6.19. The summed E-state index contributed by atoms with van der Waals surface area (Å²) < 4.78 is 0.783. The Balaban J connectivity index is 1.89. The molecule has 0 unspecified atom stereocenters. The van der Waals surface area contributed by atoms with Crippen LogP contribution in [0, 0.1) is 0 Å². The van der Waals surface area contributed by atoms with Crippen molar-refractivity contribution >= 4 is 27.8 Å². The van der Waals surface area contributed by atoms with Crippen LogP contribution in [0.4, 0.5) is 5.95 Å². The number of amides is 1. The van der Waals surface area contributed by atoms with Crippen molar-refractivity contribution in [2.45, 2.75) is 18.3 Å². The summed E-state index contributed by atoms with van der Waals surface area (Å²) in [5.41, 5.74) is 0.522. The molecule has 22 heavy (non-hydrogen) atoms. The zero-order chi connectivity index (χ0) is 15.4. The van der Waals surface area contributed by atoms with Gasteiger partial charge in [0.25, 0.3) is 0 Å². The minimum absolute atomic E-state index is 0.0393. The first-order valence-electron chi connectivity index (χ1n) is 7.26. The van der Waals surface area contributed by atoms with Crippen LogP contribution >= 0.6 is 15.9 Å². The van der Waals surface area contributed by atoms with Crippen LogP contribution in [0.2, 0.25) is 0 Å². The predicted molar refractivity (Wildman–Crippen MR) is 88.6 cm³/mol. The van der Waals surface area contributed by atoms with Crippen molar-refractivity contribution in [2.24, 2.45) is 0 Å². The molecule has 2 N–H and O–H groups in total. The fourth-order valence-electron chi connectivity index (χ4n) is 2.86. The SMILES string of the molecule is O=C(Nc1ncc(Br)cn1)C1(c2ccccc2)CCNCC1. The van der Waals surface area contributed by atoms with Crippen molar-refractivity contribution < 1.29 is 4.79 Å². The van der Waals surface area contributed by atoms with Crippen molar-refractivity contribution in [3.63, 3.8) is 0 Å². The van der Waals surface area contributed by atoms with Gasteiger partial charge >= 0.3 is 0 Å². The zero-order valence-electron chi connectivity index (χ0n) is 12.1. The summed E-state index contributed by atoms with van der Waals surface area (Å²) in [5.74, 6) is 0.296. The van der Waals surface area contributed by atoms with Crippen molar-refractivity contribution in [1.29, 1.82) is 0 Å². The standard InChI is InChI=1S/C16H17BrN4O/c17-13-10-19-15(20-11-13)21-14(22)16(6-8-18-9-7-16)12-4-2-1-3-5-12/h1-5,10-11,18H,6-9H2,(H,19,20,21,22). The number of piperidine rings is 1. The maximum absolute atomic E-state index is 12.9. The van der Waals surface area contributed by atoms with Crippen LogP contribution < -0.4 is 10.6 Å². The summed E-state index contributed by atoms with van der Waals surface area (Å²) in [6.45, 7) is 1.65. The summed E-state index contributed by atoms with van der Waals surface area (Å²) in [6, 6.07) is 9.96. The van der Waals surface area contributed by atoms with Gasteiger partial charge in [0.05, 0.1) is 9.89 Å². The monoisotopic (exact) mass is 360 g/mol. The number of hydrogen-bond donors (Lipinski definition) is 2. The molecule has 1 aromatic carbocycles. The second kappa shape index (κ2) is 6.54. The molecule has 1 aliphatic rings. The molecule has 0 spiro atoms. The molecular formula is C16H17BrN4O. The van der Waals surface area contributed by atoms with Gasteiger partial charge in [0.1, 0.15) is 0 Å². The van der Waals surface area contributed by atoms with Crippen LogP contribution in [-0.4, -0.2) is 29.0 Å². The van der Waals surface area contributed by atoms with Crippen LogP contribution in [0.5, 0.6) is 0 Å². The molecule has 1 aliphatic heterocycles. The number of carbonyl (C=O) groups excluding carboxylic acids is 1. The lowest BCUT2D eigenvalue weighted by atomic mass is 9.72. The molecule has 1 saturated heterocycles. The Kier molecular flexibility index (Phi) is 4.49. The molecule has 0 aliphatic carbocycles. The van der Waals surface area contributed by atoms with Crippen molar-refractivity contribution in [1.82, 2.24) is 15.3 Å². The largest absolute Gasteiger partial charge is 0.317 e. The Bertz CT molecular complexity index is 639. The molecule has 0 atom stereocenters. The molecule has 2 heterocycles. The van der Waals surface area contributed by atoms with Crippen molar-refractivity contribution in [3.05, 3.63) is 52.8 Å². The molecule has 0 radical (unpaired) electrons. The third-order valence-electron chi connectivity index (χ3n) is 4.06. The number of nitrogens with zero attached hydrogens (tertiary/aromatic N) is 2. The number of benzene rings is 1. The molecule has 3 rings (SSSR count). The number of halogens is 1. The highest BCUT2D eigenvalue weighted by molar-refractivity contribution is 9.10. The van der Waals surface area contributed by atoms with Gasteiger partial charge in [0.2, 0.25) is 11.9 Å². The molecule has 1 fully saturated rings. The first kappa shape index (κ1) is 15.1. The third kappa shape index (κ3) is 3.03. The average Bonchev–Trinajstić information content (AvgIpc) is 2.58. The molecule has 114 valence electrons. The number of aromatic nitrogens is 2. The predicted octanol–water partition coefficient (Wildman–Crippen LogP) is 2.50. The van der Waals surface area contributed by atoms with Gasteiger partial charge in [-0.2, -0.15) is 0 Å². The highest BCUT2D eigenvalue weighted by atomic mass is 79.9. The van der Waals surface area contributed by atoms with Gasteiger partial charge in [-0.15, -0.1) is 0 Å². The minimum Gasteiger partial charge on any atom is -0.317 e. The first-order valence-corrected chi connectivity index (χ1v) is 8.05. The van der Waals surface area contributed by atoms with Crippen LogP contribution in [-0.2, 0) is 10.2 Å². The first-order chi connectivity index (χ1) is 10.7. The second-order valence-corrected chi connectivity index (χ2v) is 6.29. The summed E-state index contributed by atoms with van der Waals surface area (Å²) in [6.07, 6.45) is 4.78. The Labute approximate surface area is 137 Å². The van der Waals surface area contributed by atoms with E-state index in [9.17, 15) is 4.79 Å². The third-order valence-corrected chi connectivity index (χ3v) is 4.47. The summed E-state index contributed by atoms with van der Waals surface area (Å²) >= 11 is 3.29. The molecule has 2 aromatic rings. The summed E-state index contributed by atoms with van der Waals surface area (Å²) in [4.78, 5) is 21.2. The van der Waals surface area contributed by atoms with E-state index in [1.54, 1.807) is 12.4 Å². The molecule has 0 bridgehead atoms. The topological polar surface area (TPSA) is 66.9 Å². The number of carbonyl (C=O) groups is 1. The van der Waals surface area contributed by atoms with Gasteiger partial charge in [-0.1, -0.05) is 30.3 Å². The number of rotatable bonds is 3. The highest BCUT2D eigenvalue weighted by Gasteiger charge is 2.41. The van der Waals surface area contributed by atoms with E-state index in [0.717, 1.165) is 36.0 Å². The van der Waals surface area contributed by atoms with E-state index >= 15 is 0 Å². The van der Waals surface area contributed by atoms with Gasteiger partial charge < -0.3 is 5.32 Å². The molecule has 6 heteroatoms. The van der Waals surface area contributed by atoms with E-state index in [1.165, 1.54) is 0 Å². The number of hydrogen-bond acceptors (Lipinski definition) is 4. The van der Waals surface area contributed by atoms with Crippen molar-refractivity contribution in [2.75, 3.05) is 18.4 Å². The van der Waals surface area contributed by atoms with Gasteiger partial charge in [0.15, 0.2) is 0 Å². The normalized spacial score (nSPS) is 17.0. The van der Waals surface area contributed by atoms with Crippen LogP contribution in [0.3, 0.4) is 0 Å². The molecule has 0 saturated carbocycles. The molecule has 1 amide bonds. The maximum Gasteiger partial charge on any atom is 0.237 e. The highest BCUT2D eigenvalue weighted by Crippen LogP contribution is 2.34. The number of nitrogens with one attached hydrogen (secondary N) is 2. The van der Waals surface area contributed by atoms with E-state index < -0.39 is 5.41 Å². The van der Waals surface area contributed by atoms with Crippen LogP contribution in [0.25, 0.3) is 0 Å². The molecule has 1 aromatic heterocycles. The van der Waals surface area contributed by atoms with Gasteiger partial charge in [-0.3, -0.25) is 10.1 Å². The lowest BCUT2D eigenvalue weighted by Crippen LogP contribution is -2.48. The van der Waals surface area contributed by atoms with Crippen LogP contribution in [0.15, 0.2) is 47.2 Å². The number of anilines is 1. The lowest BCUT2D eigenvalue weighted by Gasteiger charge is -2.36. The average molecular weight is 361 g/mol. The second-order valence-electron chi connectivity index (χ2n) is 5.38. The van der Waals surface area contributed by atoms with E-state index in [1.807, 2.05) is 30.3 Å². The van der Waals surface area contributed by atoms with Crippen LogP contribution in [0.1, 0.15) is 18.4 Å². The fourth-order valence-corrected chi connectivity index (χ4v) is 3.06. The van der Waals surface area contributed by atoms with E-state index in [2.05, 4.69) is 36.5 Å². The molecular weight excluding hydrogens is 344 g/mol. The lowest BCUT2D eigenvalue weighted by molar-refractivity contribution is -0.122. The summed E-state index contributed by atoms with van der Waals surface area (Å²) in [7, 11) is 0. The van der Waals surface area contributed by atoms with Gasteiger partial charge in [-0.25, -0.2) is 9.97 Å². The van der Waals surface area contributed by atoms with Gasteiger partial charge in [-0.05, 0) is 47.4 Å². The minimum atomic E-state index is -0.525. The Morgan fingerprint density at radius 1 is 1.14 bits per heavy atom. The van der Waals surface area contributed by atoms with E-state index in [0.29, 0.717) is 5.95 Å². The fraction of sp³-hybridized carbons (Fsp3) is 0.312. The van der Waals surface area contributed by atoms with Crippen molar-refractivity contribution in [3.8, 4) is 0 Å². The quantitative estimate of drug-likeness (QED) is 0.882. The Morgan fingerprint density at radius 3 is 2.41 bits per heavy atom. The van der Waals surface area contributed by atoms with E-state index in [-0.39, 0.29) is 5.91 Å². The zero-order valence-corrected chi connectivity index (χ0v) is 13.6. The Morgan fingerprint density at radius 2 is 1.77 bits per heavy atom. The smallest absolute Gasteiger partial charge is 0.237 e. The Hall–Kier alpha value is -1.79. The van der Waals surface area contributed by atoms with Gasteiger partial charge in [0, 0.05) is 12.4 Å². The van der Waals surface area contributed by atoms with E-state index in [4.69, 9.17) is 0 Å². The molecule has 5 nitrogen and oxygen atoms in total.